The molecule has 0 bridgehead atoms. The molecule has 2 aliphatic carbocycles. The summed E-state index contributed by atoms with van der Waals surface area (Å²) in [5.74, 6) is 4.44. The van der Waals surface area contributed by atoms with E-state index < -0.39 is 11.8 Å². The van der Waals surface area contributed by atoms with Crippen molar-refractivity contribution in [3.05, 3.63) is 77.5 Å². The van der Waals surface area contributed by atoms with E-state index in [0.29, 0.717) is 41.5 Å². The van der Waals surface area contributed by atoms with Crippen LogP contribution in [0.3, 0.4) is 0 Å². The second kappa shape index (κ2) is 12.3. The fourth-order valence-corrected chi connectivity index (χ4v) is 4.78. The van der Waals surface area contributed by atoms with E-state index in [9.17, 15) is 9.59 Å². The van der Waals surface area contributed by atoms with Crippen LogP contribution in [0.1, 0.15) is 36.5 Å². The third kappa shape index (κ3) is 6.69. The molecule has 2 aliphatic rings. The van der Waals surface area contributed by atoms with Crippen LogP contribution in [0.5, 0.6) is 0 Å². The summed E-state index contributed by atoms with van der Waals surface area (Å²) >= 11 is 0. The van der Waals surface area contributed by atoms with E-state index >= 15 is 4.39 Å². The molecule has 6 N–H and O–H groups in total. The first-order valence-electron chi connectivity index (χ1n) is 13.4. The summed E-state index contributed by atoms with van der Waals surface area (Å²) in [6.07, 6.45) is 5.66. The Morgan fingerprint density at radius 3 is 2.52 bits per heavy atom. The van der Waals surface area contributed by atoms with E-state index in [0.717, 1.165) is 12.8 Å². The van der Waals surface area contributed by atoms with Crippen molar-refractivity contribution in [1.82, 2.24) is 9.91 Å². The molecular weight excluding hydrogens is 511 g/mol. The maximum atomic E-state index is 15.7. The van der Waals surface area contributed by atoms with Crippen molar-refractivity contribution in [3.63, 3.8) is 0 Å². The third-order valence-electron chi connectivity index (χ3n) is 7.07. The molecule has 0 saturated heterocycles. The van der Waals surface area contributed by atoms with Crippen LogP contribution in [0.15, 0.2) is 71.1 Å². The molecule has 9 nitrogen and oxygen atoms in total. The third-order valence-corrected chi connectivity index (χ3v) is 7.07. The largest absolute Gasteiger partial charge is 0.462 e. The Bertz CT molecular complexity index is 1360. The minimum Gasteiger partial charge on any atom is -0.462 e. The van der Waals surface area contributed by atoms with Gasteiger partial charge in [0.2, 0.25) is 0 Å². The zero-order chi connectivity index (χ0) is 29.0. The van der Waals surface area contributed by atoms with Crippen LogP contribution in [0.4, 0.5) is 10.1 Å². The van der Waals surface area contributed by atoms with Crippen molar-refractivity contribution in [2.24, 2.45) is 40.1 Å². The van der Waals surface area contributed by atoms with Crippen LogP contribution >= 0.6 is 0 Å². The van der Waals surface area contributed by atoms with Gasteiger partial charge in [-0.3, -0.25) is 9.79 Å². The highest BCUT2D eigenvalue weighted by molar-refractivity contribution is 6.22. The Morgan fingerprint density at radius 1 is 1.15 bits per heavy atom. The number of nitrogens with zero attached hydrogens (tertiary/aromatic N) is 3. The first-order chi connectivity index (χ1) is 19.1. The Kier molecular flexibility index (Phi) is 8.89. The van der Waals surface area contributed by atoms with E-state index in [2.05, 4.69) is 0 Å². The Morgan fingerprint density at radius 2 is 1.88 bits per heavy atom. The summed E-state index contributed by atoms with van der Waals surface area (Å²) in [4.78, 5) is 32.1. The van der Waals surface area contributed by atoms with Gasteiger partial charge in [0.15, 0.2) is 0 Å². The number of hydrogen-bond donors (Lipinski definition) is 3. The topological polar surface area (TPSA) is 140 Å². The molecule has 0 spiro atoms. The average molecular weight is 549 g/mol. The summed E-state index contributed by atoms with van der Waals surface area (Å²) in [5.41, 5.74) is 14.6. The highest BCUT2D eigenvalue weighted by Gasteiger charge is 2.45. The number of esters is 1. The zero-order valence-electron chi connectivity index (χ0n) is 23.1. The molecule has 10 heteroatoms. The van der Waals surface area contributed by atoms with Crippen molar-refractivity contribution in [1.29, 1.82) is 0 Å². The van der Waals surface area contributed by atoms with Gasteiger partial charge in [-0.15, -0.1) is 0 Å². The van der Waals surface area contributed by atoms with Gasteiger partial charge in [0.05, 0.1) is 29.1 Å². The second-order valence-electron chi connectivity index (χ2n) is 10.4. The normalized spacial score (nSPS) is 19.3. The van der Waals surface area contributed by atoms with Crippen molar-refractivity contribution in [2.45, 2.75) is 26.2 Å². The standard InChI is InChI=1S/C30H37FN6O3/c1-4-40-30(39)25(15-32)28(24-14-23(24)26(33)17-37(3)34)35-20-8-5-7-19(13-20)21-9-6-10-22(27(21)31)29(38)36(2)16-18-11-12-18/h5-10,13,15,17-18,23-24H,4,11-12,14,16,32-34H2,1-3H3/b25-15?,26-17-,35-28?/t23?,24-/m1/s1. The summed E-state index contributed by atoms with van der Waals surface area (Å²) in [6.45, 7) is 2.51. The number of hydrazine groups is 1. The number of rotatable bonds is 11. The van der Waals surface area contributed by atoms with Crippen LogP contribution in [-0.2, 0) is 9.53 Å². The summed E-state index contributed by atoms with van der Waals surface area (Å²) in [5, 5.41) is 1.37. The van der Waals surface area contributed by atoms with Crippen molar-refractivity contribution >= 4 is 23.3 Å². The smallest absolute Gasteiger partial charge is 0.341 e. The van der Waals surface area contributed by atoms with Gasteiger partial charge >= 0.3 is 5.97 Å². The lowest BCUT2D eigenvalue weighted by molar-refractivity contribution is -0.137. The van der Waals surface area contributed by atoms with Crippen LogP contribution in [0.25, 0.3) is 11.1 Å². The van der Waals surface area contributed by atoms with E-state index in [4.69, 9.17) is 27.0 Å². The molecule has 1 unspecified atom stereocenters. The molecule has 0 heterocycles. The molecule has 2 atom stereocenters. The lowest BCUT2D eigenvalue weighted by Gasteiger charge is -2.18. The van der Waals surface area contributed by atoms with Gasteiger partial charge in [-0.25, -0.2) is 15.0 Å². The Hall–Kier alpha value is -4.18. The molecule has 2 aromatic carbocycles. The summed E-state index contributed by atoms with van der Waals surface area (Å²) < 4.78 is 20.9. The SMILES string of the molecule is CCOC(=O)C(=CN)C(=Nc1cccc(-c2cccc(C(=O)N(C)CC3CC3)c2F)c1)[C@@H]1CC1/C(N)=C/N(C)N. The van der Waals surface area contributed by atoms with E-state index in [1.165, 1.54) is 17.3 Å². The van der Waals surface area contributed by atoms with Crippen LogP contribution in [-0.4, -0.2) is 54.7 Å². The van der Waals surface area contributed by atoms with Crippen LogP contribution in [0, 0.1) is 23.6 Å². The number of hydrogen-bond acceptors (Lipinski definition) is 8. The molecule has 0 aliphatic heterocycles. The molecule has 212 valence electrons. The number of nitrogens with two attached hydrogens (primary N) is 3. The minimum atomic E-state index is -0.586. The number of carbonyl (C=O) groups excluding carboxylic acids is 2. The van der Waals surface area contributed by atoms with Gasteiger partial charge < -0.3 is 26.1 Å². The maximum Gasteiger partial charge on any atom is 0.341 e. The quantitative estimate of drug-likeness (QED) is 0.128. The molecule has 40 heavy (non-hydrogen) atoms. The number of halogens is 1. The molecule has 2 saturated carbocycles. The molecule has 1 amide bonds. The summed E-state index contributed by atoms with van der Waals surface area (Å²) in [7, 11) is 3.37. The lowest BCUT2D eigenvalue weighted by atomic mass is 10.0. The first-order valence-corrected chi connectivity index (χ1v) is 13.4. The Balaban J connectivity index is 1.68. The number of benzene rings is 2. The van der Waals surface area contributed by atoms with Crippen LogP contribution in [0.2, 0.25) is 0 Å². The molecule has 0 radical (unpaired) electrons. The first kappa shape index (κ1) is 28.8. The van der Waals surface area contributed by atoms with Gasteiger partial charge in [0.1, 0.15) is 5.82 Å². The fraction of sp³-hybridized carbons (Fsp3) is 0.367. The van der Waals surface area contributed by atoms with Gasteiger partial charge in [-0.2, -0.15) is 0 Å². The fourth-order valence-electron chi connectivity index (χ4n) is 4.78. The zero-order valence-corrected chi connectivity index (χ0v) is 23.1. The van der Waals surface area contributed by atoms with E-state index in [1.807, 2.05) is 0 Å². The Labute approximate surface area is 234 Å². The number of ether oxygens (including phenoxy) is 1. The molecular formula is C30H37FN6O3. The van der Waals surface area contributed by atoms with E-state index in [1.54, 1.807) is 68.5 Å². The minimum absolute atomic E-state index is 0.0267. The molecule has 4 rings (SSSR count). The van der Waals surface area contributed by atoms with Crippen LogP contribution < -0.4 is 17.3 Å². The van der Waals surface area contributed by atoms with Crippen molar-refractivity contribution < 1.29 is 18.7 Å². The monoisotopic (exact) mass is 548 g/mol. The summed E-state index contributed by atoms with van der Waals surface area (Å²) in [6, 6.07) is 11.8. The second-order valence-corrected chi connectivity index (χ2v) is 10.4. The molecule has 2 aromatic rings. The van der Waals surface area contributed by atoms with E-state index in [-0.39, 0.29) is 41.0 Å². The lowest BCUT2D eigenvalue weighted by Crippen LogP contribution is -2.29. The maximum absolute atomic E-state index is 15.7. The van der Waals surface area contributed by atoms with Gasteiger partial charge in [-0.1, -0.05) is 24.3 Å². The molecule has 0 aromatic heterocycles. The van der Waals surface area contributed by atoms with Crippen molar-refractivity contribution in [3.8, 4) is 11.1 Å². The number of aliphatic imine (C=N–C) groups is 1. The van der Waals surface area contributed by atoms with Gasteiger partial charge in [0.25, 0.3) is 5.91 Å². The number of carbonyl (C=O) groups is 2. The van der Waals surface area contributed by atoms with Gasteiger partial charge in [0, 0.05) is 56.1 Å². The predicted octanol–water partition coefficient (Wildman–Crippen LogP) is 3.69. The van der Waals surface area contributed by atoms with Gasteiger partial charge in [-0.05, 0) is 55.9 Å². The number of allylic oxidation sites excluding steroid dienone is 1. The highest BCUT2D eigenvalue weighted by atomic mass is 19.1. The number of amides is 1. The predicted molar refractivity (Wildman–Crippen MR) is 153 cm³/mol. The molecule has 2 fully saturated rings. The highest BCUT2D eigenvalue weighted by Crippen LogP contribution is 2.46. The van der Waals surface area contributed by atoms with Crippen molar-refractivity contribution in [2.75, 3.05) is 27.2 Å². The average Bonchev–Trinajstić information content (AvgIpc) is 3.84.